The fourth-order valence-corrected chi connectivity index (χ4v) is 2.88. The average Bonchev–Trinajstić information content (AvgIpc) is 2.69. The number of hydrogen-bond donors (Lipinski definition) is 5. The lowest BCUT2D eigenvalue weighted by molar-refractivity contribution is -0.141. The van der Waals surface area contributed by atoms with Crippen molar-refractivity contribution in [1.29, 1.82) is 0 Å². The van der Waals surface area contributed by atoms with Crippen LogP contribution in [0.5, 0.6) is 0 Å². The molecule has 1 aromatic carbocycles. The maximum Gasteiger partial charge on any atom is 0.326 e. The fraction of sp³-hybridized carbons (Fsp3) is 0.474. The molecule has 0 aromatic heterocycles. The zero-order chi connectivity index (χ0) is 21.8. The Bertz CT molecular complexity index is 701. The molecule has 0 aliphatic heterocycles. The molecule has 0 aliphatic rings. The molecule has 0 radical (unpaired) electrons. The molecule has 1 rings (SSSR count). The van der Waals surface area contributed by atoms with E-state index in [0.29, 0.717) is 12.2 Å². The molecule has 0 fully saturated rings. The maximum atomic E-state index is 12.2. The Morgan fingerprint density at radius 2 is 1.76 bits per heavy atom. The molecule has 3 atom stereocenters. The minimum absolute atomic E-state index is 0.280. The zero-order valence-corrected chi connectivity index (χ0v) is 17.3. The first-order valence-electron chi connectivity index (χ1n) is 9.13. The van der Waals surface area contributed by atoms with Gasteiger partial charge in [-0.2, -0.15) is 11.8 Å². The van der Waals surface area contributed by atoms with Gasteiger partial charge >= 0.3 is 5.97 Å². The summed E-state index contributed by atoms with van der Waals surface area (Å²) >= 11 is 1.47. The molecule has 0 spiro atoms. The highest BCUT2D eigenvalue weighted by molar-refractivity contribution is 7.98. The quantitative estimate of drug-likeness (QED) is 0.303. The van der Waals surface area contributed by atoms with Crippen LogP contribution in [0.15, 0.2) is 30.3 Å². The summed E-state index contributed by atoms with van der Waals surface area (Å²) in [6.45, 7) is 1.08. The van der Waals surface area contributed by atoms with E-state index >= 15 is 0 Å². The standard InChI is InChI=1S/C19H28N4O5S/c1-12(22-18(26)14(20)10-13-6-4-3-5-7-13)17(25)21-11-16(24)23-15(19(27)28)8-9-29-2/h3-7,12,14-15H,8-11,20H2,1-2H3,(H,21,25)(H,22,26)(H,23,24)(H,27,28). The summed E-state index contributed by atoms with van der Waals surface area (Å²) in [6, 6.07) is 6.53. The third kappa shape index (κ3) is 9.44. The van der Waals surface area contributed by atoms with E-state index in [0.717, 1.165) is 5.56 Å². The number of carboxylic acid groups (broad SMARTS) is 1. The third-order valence-electron chi connectivity index (χ3n) is 4.05. The van der Waals surface area contributed by atoms with Crippen LogP contribution in [0, 0.1) is 0 Å². The Morgan fingerprint density at radius 3 is 2.34 bits per heavy atom. The van der Waals surface area contributed by atoms with Crippen LogP contribution in [0.3, 0.4) is 0 Å². The van der Waals surface area contributed by atoms with E-state index in [2.05, 4.69) is 16.0 Å². The lowest BCUT2D eigenvalue weighted by Gasteiger charge is -2.18. The third-order valence-corrected chi connectivity index (χ3v) is 4.70. The van der Waals surface area contributed by atoms with E-state index < -0.39 is 48.4 Å². The van der Waals surface area contributed by atoms with Crippen molar-refractivity contribution in [2.75, 3.05) is 18.6 Å². The molecule has 0 bridgehead atoms. The number of carboxylic acids is 1. The number of thioether (sulfide) groups is 1. The van der Waals surface area contributed by atoms with Crippen LogP contribution < -0.4 is 21.7 Å². The summed E-state index contributed by atoms with van der Waals surface area (Å²) < 4.78 is 0. The van der Waals surface area contributed by atoms with Crippen molar-refractivity contribution in [3.63, 3.8) is 0 Å². The zero-order valence-electron chi connectivity index (χ0n) is 16.5. The Hall–Kier alpha value is -2.59. The Kier molecular flexibility index (Phi) is 10.8. The van der Waals surface area contributed by atoms with Gasteiger partial charge in [-0.1, -0.05) is 30.3 Å². The highest BCUT2D eigenvalue weighted by atomic mass is 32.2. The van der Waals surface area contributed by atoms with Crippen LogP contribution in [0.1, 0.15) is 18.9 Å². The van der Waals surface area contributed by atoms with Crippen LogP contribution in [-0.2, 0) is 25.6 Å². The van der Waals surface area contributed by atoms with Gasteiger partial charge < -0.3 is 26.8 Å². The van der Waals surface area contributed by atoms with Gasteiger partial charge in [0.2, 0.25) is 17.7 Å². The molecule has 10 heteroatoms. The number of benzene rings is 1. The summed E-state index contributed by atoms with van der Waals surface area (Å²) in [6.07, 6.45) is 2.44. The number of nitrogens with one attached hydrogen (secondary N) is 3. The van der Waals surface area contributed by atoms with Gasteiger partial charge in [0, 0.05) is 0 Å². The van der Waals surface area contributed by atoms with E-state index in [1.807, 2.05) is 36.6 Å². The van der Waals surface area contributed by atoms with Gasteiger partial charge in [0.05, 0.1) is 12.6 Å². The van der Waals surface area contributed by atoms with Gasteiger partial charge in [-0.05, 0) is 37.3 Å². The number of carbonyl (C=O) groups excluding carboxylic acids is 3. The number of nitrogens with two attached hydrogens (primary N) is 1. The van der Waals surface area contributed by atoms with E-state index in [1.165, 1.54) is 18.7 Å². The molecular weight excluding hydrogens is 396 g/mol. The average molecular weight is 425 g/mol. The maximum absolute atomic E-state index is 12.2. The van der Waals surface area contributed by atoms with Crippen LogP contribution in [0.25, 0.3) is 0 Å². The van der Waals surface area contributed by atoms with E-state index in [9.17, 15) is 19.2 Å². The first kappa shape index (κ1) is 24.4. The minimum atomic E-state index is -1.13. The molecule has 9 nitrogen and oxygen atoms in total. The van der Waals surface area contributed by atoms with Gasteiger partial charge in [-0.25, -0.2) is 4.79 Å². The van der Waals surface area contributed by atoms with Gasteiger partial charge in [0.1, 0.15) is 12.1 Å². The molecule has 29 heavy (non-hydrogen) atoms. The molecule has 160 valence electrons. The van der Waals surface area contributed by atoms with Crippen molar-refractivity contribution >= 4 is 35.5 Å². The van der Waals surface area contributed by atoms with Gasteiger partial charge in [0.15, 0.2) is 0 Å². The summed E-state index contributed by atoms with van der Waals surface area (Å²) in [5, 5.41) is 16.3. The van der Waals surface area contributed by atoms with Crippen LogP contribution >= 0.6 is 11.8 Å². The van der Waals surface area contributed by atoms with Gasteiger partial charge in [-0.15, -0.1) is 0 Å². The van der Waals surface area contributed by atoms with E-state index in [1.54, 1.807) is 0 Å². The van der Waals surface area contributed by atoms with Gasteiger partial charge in [-0.3, -0.25) is 14.4 Å². The smallest absolute Gasteiger partial charge is 0.326 e. The van der Waals surface area contributed by atoms with Gasteiger partial charge in [0.25, 0.3) is 0 Å². The lowest BCUT2D eigenvalue weighted by atomic mass is 10.1. The monoisotopic (exact) mass is 424 g/mol. The topological polar surface area (TPSA) is 151 Å². The summed E-state index contributed by atoms with van der Waals surface area (Å²) in [4.78, 5) is 47.3. The Labute approximate surface area is 174 Å². The molecule has 3 amide bonds. The van der Waals surface area contributed by atoms with Crippen molar-refractivity contribution in [3.05, 3.63) is 35.9 Å². The summed E-state index contributed by atoms with van der Waals surface area (Å²) in [5.41, 5.74) is 6.78. The number of amides is 3. The van der Waals surface area contributed by atoms with Crippen molar-refractivity contribution in [3.8, 4) is 0 Å². The molecule has 0 saturated heterocycles. The predicted molar refractivity (Wildman–Crippen MR) is 111 cm³/mol. The SMILES string of the molecule is CSCCC(NC(=O)CNC(=O)C(C)NC(=O)C(N)Cc1ccccc1)C(=O)O. The van der Waals surface area contributed by atoms with Crippen molar-refractivity contribution in [2.45, 2.75) is 37.9 Å². The molecule has 1 aromatic rings. The fourth-order valence-electron chi connectivity index (χ4n) is 2.41. The highest BCUT2D eigenvalue weighted by Crippen LogP contribution is 2.02. The van der Waals surface area contributed by atoms with Crippen LogP contribution in [0.2, 0.25) is 0 Å². The Morgan fingerprint density at radius 1 is 1.10 bits per heavy atom. The first-order valence-corrected chi connectivity index (χ1v) is 10.5. The van der Waals surface area contributed by atoms with Crippen molar-refractivity contribution < 1.29 is 24.3 Å². The number of rotatable bonds is 12. The number of aliphatic carboxylic acids is 1. The lowest BCUT2D eigenvalue weighted by Crippen LogP contribution is -2.52. The van der Waals surface area contributed by atoms with Crippen LogP contribution in [0.4, 0.5) is 0 Å². The molecule has 0 heterocycles. The first-order chi connectivity index (χ1) is 13.7. The molecule has 6 N–H and O–H groups in total. The minimum Gasteiger partial charge on any atom is -0.480 e. The van der Waals surface area contributed by atoms with E-state index in [4.69, 9.17) is 10.8 Å². The van der Waals surface area contributed by atoms with Crippen molar-refractivity contribution in [2.24, 2.45) is 5.73 Å². The summed E-state index contributed by atoms with van der Waals surface area (Å²) in [7, 11) is 0. The van der Waals surface area contributed by atoms with Crippen LogP contribution in [-0.4, -0.2) is 65.5 Å². The second-order valence-corrected chi connectivity index (χ2v) is 7.47. The number of hydrogen-bond acceptors (Lipinski definition) is 6. The van der Waals surface area contributed by atoms with E-state index in [-0.39, 0.29) is 6.42 Å². The number of carbonyl (C=O) groups is 4. The second kappa shape index (κ2) is 12.8. The highest BCUT2D eigenvalue weighted by Gasteiger charge is 2.22. The molecule has 0 aliphatic carbocycles. The molecule has 3 unspecified atom stereocenters. The largest absolute Gasteiger partial charge is 0.480 e. The second-order valence-electron chi connectivity index (χ2n) is 6.48. The summed E-state index contributed by atoms with van der Waals surface area (Å²) in [5.74, 6) is -2.23. The Balaban J connectivity index is 2.41. The molecule has 0 saturated carbocycles. The molecular formula is C19H28N4O5S. The normalized spacial score (nSPS) is 13.6. The predicted octanol–water partition coefficient (Wildman–Crippen LogP) is -0.500. The van der Waals surface area contributed by atoms with Crippen molar-refractivity contribution in [1.82, 2.24) is 16.0 Å².